The lowest BCUT2D eigenvalue weighted by Crippen LogP contribution is -2.26. The van der Waals surface area contributed by atoms with Gasteiger partial charge in [-0.2, -0.15) is 5.26 Å². The van der Waals surface area contributed by atoms with Crippen molar-refractivity contribution in [3.8, 4) is 6.07 Å². The van der Waals surface area contributed by atoms with E-state index >= 15 is 0 Å². The molecule has 0 aliphatic rings. The number of hydrogen-bond acceptors (Lipinski definition) is 4. The van der Waals surface area contributed by atoms with Crippen molar-refractivity contribution in [3.05, 3.63) is 36.0 Å². The molecule has 0 aromatic heterocycles. The van der Waals surface area contributed by atoms with Crippen LogP contribution in [-0.2, 0) is 9.59 Å². The molecule has 1 rings (SSSR count). The first-order chi connectivity index (χ1) is 10.1. The second-order valence-corrected chi connectivity index (χ2v) is 4.40. The van der Waals surface area contributed by atoms with E-state index in [1.165, 1.54) is 13.1 Å². The summed E-state index contributed by atoms with van der Waals surface area (Å²) in [5.41, 5.74) is 1.30. The van der Waals surface area contributed by atoms with Crippen molar-refractivity contribution in [3.63, 3.8) is 0 Å². The molecule has 1 aromatic carbocycles. The lowest BCUT2D eigenvalue weighted by atomic mass is 10.2. The van der Waals surface area contributed by atoms with Gasteiger partial charge in [0.1, 0.15) is 11.6 Å². The van der Waals surface area contributed by atoms with E-state index in [0.29, 0.717) is 17.9 Å². The van der Waals surface area contributed by atoms with E-state index in [2.05, 4.69) is 16.0 Å². The van der Waals surface area contributed by atoms with E-state index in [1.54, 1.807) is 30.3 Å². The molecule has 1 aromatic rings. The summed E-state index contributed by atoms with van der Waals surface area (Å²) in [5, 5.41) is 16.9. The van der Waals surface area contributed by atoms with Crippen molar-refractivity contribution in [2.45, 2.75) is 6.92 Å². The molecule has 6 nitrogen and oxygen atoms in total. The molecule has 0 radical (unpaired) electrons. The zero-order valence-electron chi connectivity index (χ0n) is 11.4. The Bertz CT molecular complexity index is 576. The van der Waals surface area contributed by atoms with Gasteiger partial charge in [0.2, 0.25) is 5.91 Å². The van der Waals surface area contributed by atoms with Crippen LogP contribution in [0.2, 0.25) is 0 Å². The predicted octanol–water partition coefficient (Wildman–Crippen LogP) is 1.82. The standard InChI is InChI=1S/C14H15ClN4O2/c1-10(20)19-13-4-2-12(3-5-13)18-9-11(8-16)14(21)17-7-6-15/h2-5,9,18H,6-7H2,1H3,(H,17,21)(H,19,20)/b11-9-. The van der Waals surface area contributed by atoms with Gasteiger partial charge in [0.05, 0.1) is 0 Å². The summed E-state index contributed by atoms with van der Waals surface area (Å²) < 4.78 is 0. The van der Waals surface area contributed by atoms with Gasteiger partial charge in [-0.15, -0.1) is 11.6 Å². The lowest BCUT2D eigenvalue weighted by molar-refractivity contribution is -0.117. The number of alkyl halides is 1. The fourth-order valence-corrected chi connectivity index (χ4v) is 1.51. The summed E-state index contributed by atoms with van der Waals surface area (Å²) >= 11 is 5.45. The van der Waals surface area contributed by atoms with Gasteiger partial charge in [0.25, 0.3) is 5.91 Å². The average molecular weight is 307 g/mol. The maximum Gasteiger partial charge on any atom is 0.263 e. The Hall–Kier alpha value is -2.52. The van der Waals surface area contributed by atoms with Crippen molar-refractivity contribution >= 4 is 34.8 Å². The van der Waals surface area contributed by atoms with Crippen LogP contribution >= 0.6 is 11.6 Å². The fourth-order valence-electron chi connectivity index (χ4n) is 1.41. The average Bonchev–Trinajstić information content (AvgIpc) is 2.46. The number of anilines is 2. The Kier molecular flexibility index (Phi) is 6.78. The van der Waals surface area contributed by atoms with Crippen LogP contribution in [0.5, 0.6) is 0 Å². The van der Waals surface area contributed by atoms with Crippen molar-refractivity contribution in [1.82, 2.24) is 5.32 Å². The molecule has 0 bridgehead atoms. The first-order valence-corrected chi connectivity index (χ1v) is 6.69. The highest BCUT2D eigenvalue weighted by molar-refractivity contribution is 6.18. The van der Waals surface area contributed by atoms with Gasteiger partial charge >= 0.3 is 0 Å². The molecular weight excluding hydrogens is 292 g/mol. The Morgan fingerprint density at radius 3 is 2.43 bits per heavy atom. The first kappa shape index (κ1) is 16.5. The highest BCUT2D eigenvalue weighted by Gasteiger charge is 2.07. The molecule has 0 unspecified atom stereocenters. The summed E-state index contributed by atoms with van der Waals surface area (Å²) in [4.78, 5) is 22.5. The van der Waals surface area contributed by atoms with Gasteiger partial charge in [-0.05, 0) is 24.3 Å². The van der Waals surface area contributed by atoms with Crippen LogP contribution in [-0.4, -0.2) is 24.2 Å². The monoisotopic (exact) mass is 306 g/mol. The number of benzene rings is 1. The Labute approximate surface area is 127 Å². The van der Waals surface area contributed by atoms with E-state index in [-0.39, 0.29) is 17.4 Å². The number of carbonyl (C=O) groups excluding carboxylic acids is 2. The molecule has 0 heterocycles. The summed E-state index contributed by atoms with van der Waals surface area (Å²) in [6.07, 6.45) is 1.32. The number of nitriles is 1. The lowest BCUT2D eigenvalue weighted by Gasteiger charge is -2.05. The summed E-state index contributed by atoms with van der Waals surface area (Å²) in [7, 11) is 0. The molecular formula is C14H15ClN4O2. The van der Waals surface area contributed by atoms with Crippen LogP contribution in [0.1, 0.15) is 6.92 Å². The Morgan fingerprint density at radius 1 is 1.29 bits per heavy atom. The number of nitrogens with zero attached hydrogens (tertiary/aromatic N) is 1. The van der Waals surface area contributed by atoms with Crippen LogP contribution in [0, 0.1) is 11.3 Å². The van der Waals surface area contributed by atoms with E-state index in [9.17, 15) is 9.59 Å². The summed E-state index contributed by atoms with van der Waals surface area (Å²) in [6.45, 7) is 1.72. The van der Waals surface area contributed by atoms with Gasteiger partial charge in [0.15, 0.2) is 0 Å². The fraction of sp³-hybridized carbons (Fsp3) is 0.214. The molecule has 0 saturated carbocycles. The van der Waals surface area contributed by atoms with Crippen molar-refractivity contribution < 1.29 is 9.59 Å². The topological polar surface area (TPSA) is 94.0 Å². The zero-order chi connectivity index (χ0) is 15.7. The summed E-state index contributed by atoms with van der Waals surface area (Å²) in [5.74, 6) is -0.360. The third-order valence-electron chi connectivity index (χ3n) is 2.33. The summed E-state index contributed by atoms with van der Waals surface area (Å²) in [6, 6.07) is 8.65. The Morgan fingerprint density at radius 2 is 1.90 bits per heavy atom. The molecule has 0 aliphatic heterocycles. The first-order valence-electron chi connectivity index (χ1n) is 6.15. The third kappa shape index (κ3) is 5.97. The molecule has 21 heavy (non-hydrogen) atoms. The van der Waals surface area contributed by atoms with Crippen molar-refractivity contribution in [2.24, 2.45) is 0 Å². The zero-order valence-corrected chi connectivity index (χ0v) is 12.2. The molecule has 3 N–H and O–H groups in total. The maximum absolute atomic E-state index is 11.6. The van der Waals surface area contributed by atoms with Crippen LogP contribution in [0.15, 0.2) is 36.0 Å². The van der Waals surface area contributed by atoms with E-state index in [0.717, 1.165) is 0 Å². The maximum atomic E-state index is 11.6. The SMILES string of the molecule is CC(=O)Nc1ccc(N/C=C(/C#N)C(=O)NCCCl)cc1. The van der Waals surface area contributed by atoms with Crippen LogP contribution in [0.4, 0.5) is 11.4 Å². The van der Waals surface area contributed by atoms with Gasteiger partial charge in [-0.3, -0.25) is 9.59 Å². The smallest absolute Gasteiger partial charge is 0.263 e. The van der Waals surface area contributed by atoms with E-state index in [4.69, 9.17) is 16.9 Å². The minimum atomic E-state index is -0.486. The number of nitrogens with one attached hydrogen (secondary N) is 3. The number of carbonyl (C=O) groups is 2. The minimum Gasteiger partial charge on any atom is -0.360 e. The molecule has 0 aliphatic carbocycles. The number of hydrogen-bond donors (Lipinski definition) is 3. The normalized spacial score (nSPS) is 10.4. The van der Waals surface area contributed by atoms with E-state index in [1.807, 2.05) is 0 Å². The van der Waals surface area contributed by atoms with Crippen molar-refractivity contribution in [2.75, 3.05) is 23.1 Å². The van der Waals surface area contributed by atoms with Crippen LogP contribution in [0.3, 0.4) is 0 Å². The molecule has 7 heteroatoms. The van der Waals surface area contributed by atoms with Crippen LogP contribution in [0.25, 0.3) is 0 Å². The molecule has 0 fully saturated rings. The highest BCUT2D eigenvalue weighted by atomic mass is 35.5. The van der Waals surface area contributed by atoms with Crippen LogP contribution < -0.4 is 16.0 Å². The Balaban J connectivity index is 2.67. The second kappa shape index (κ2) is 8.61. The van der Waals surface area contributed by atoms with Gasteiger partial charge < -0.3 is 16.0 Å². The molecule has 2 amide bonds. The predicted molar refractivity (Wildman–Crippen MR) is 81.8 cm³/mol. The number of rotatable bonds is 6. The molecule has 0 atom stereocenters. The van der Waals surface area contributed by atoms with Gasteiger partial charge in [-0.25, -0.2) is 0 Å². The molecule has 0 spiro atoms. The number of halogens is 1. The van der Waals surface area contributed by atoms with Gasteiger partial charge in [0, 0.05) is 36.9 Å². The molecule has 0 saturated heterocycles. The largest absolute Gasteiger partial charge is 0.360 e. The number of amides is 2. The van der Waals surface area contributed by atoms with Gasteiger partial charge in [-0.1, -0.05) is 0 Å². The van der Waals surface area contributed by atoms with E-state index < -0.39 is 5.91 Å². The molecule has 110 valence electrons. The third-order valence-corrected chi connectivity index (χ3v) is 2.52. The highest BCUT2D eigenvalue weighted by Crippen LogP contribution is 2.13. The second-order valence-electron chi connectivity index (χ2n) is 4.02. The minimum absolute atomic E-state index is 0.0499. The van der Waals surface area contributed by atoms with Crippen molar-refractivity contribution in [1.29, 1.82) is 5.26 Å². The quantitative estimate of drug-likeness (QED) is 0.424.